The molecule has 3 aromatic rings. The molecule has 1 aliphatic rings. The summed E-state index contributed by atoms with van der Waals surface area (Å²) in [7, 11) is 0. The first-order valence-corrected chi connectivity index (χ1v) is 8.24. The largest absolute Gasteiger partial charge is 0.488 e. The Bertz CT molecular complexity index is 876. The van der Waals surface area contributed by atoms with Crippen LogP contribution in [0.25, 0.3) is 22.3 Å². The molecule has 6 heteroatoms. The van der Waals surface area contributed by atoms with Crippen molar-refractivity contribution in [3.05, 3.63) is 30.6 Å². The zero-order valence-corrected chi connectivity index (χ0v) is 14.2. The van der Waals surface area contributed by atoms with Crippen LogP contribution in [-0.4, -0.2) is 38.9 Å². The number of aromatic amines is 1. The van der Waals surface area contributed by atoms with Crippen LogP contribution in [0.5, 0.6) is 5.75 Å². The number of hydrogen-bond acceptors (Lipinski definition) is 5. The molecule has 1 aliphatic heterocycles. The third-order valence-electron chi connectivity index (χ3n) is 4.03. The number of fused-ring (bicyclic) bond motifs is 1. The topological polar surface area (TPSA) is 66.9 Å². The predicted molar refractivity (Wildman–Crippen MR) is 94.3 cm³/mol. The molecule has 0 saturated carbocycles. The maximum Gasteiger partial charge on any atom is 0.132 e. The maximum atomic E-state index is 5.98. The van der Waals surface area contributed by atoms with Gasteiger partial charge in [0.1, 0.15) is 29.2 Å². The van der Waals surface area contributed by atoms with Crippen LogP contribution >= 0.6 is 0 Å². The average molecular weight is 323 g/mol. The molecule has 0 atom stereocenters. The van der Waals surface area contributed by atoms with Gasteiger partial charge in [-0.15, -0.1) is 0 Å². The summed E-state index contributed by atoms with van der Waals surface area (Å²) >= 11 is 0. The van der Waals surface area contributed by atoms with Gasteiger partial charge >= 0.3 is 0 Å². The normalized spacial score (nSPS) is 14.7. The van der Waals surface area contributed by atoms with Crippen molar-refractivity contribution in [3.8, 4) is 17.1 Å². The van der Waals surface area contributed by atoms with E-state index in [0.29, 0.717) is 0 Å². The molecule has 0 radical (unpaired) electrons. The van der Waals surface area contributed by atoms with E-state index in [1.165, 1.54) is 6.42 Å². The van der Waals surface area contributed by atoms with Crippen molar-refractivity contribution in [3.63, 3.8) is 0 Å². The summed E-state index contributed by atoms with van der Waals surface area (Å²) in [6.07, 6.45) is 2.83. The summed E-state index contributed by atoms with van der Waals surface area (Å²) in [6, 6.07) is 7.97. The molecule has 0 spiro atoms. The van der Waals surface area contributed by atoms with Gasteiger partial charge in [-0.1, -0.05) is 0 Å². The number of benzene rings is 1. The lowest BCUT2D eigenvalue weighted by atomic mass is 10.1. The van der Waals surface area contributed by atoms with E-state index in [9.17, 15) is 0 Å². The Hall–Kier alpha value is -2.63. The Morgan fingerprint density at radius 3 is 2.67 bits per heavy atom. The second-order valence-electron chi connectivity index (χ2n) is 7.10. The summed E-state index contributed by atoms with van der Waals surface area (Å²) in [5.74, 6) is 1.79. The number of nitrogens with one attached hydrogen (secondary N) is 1. The summed E-state index contributed by atoms with van der Waals surface area (Å²) < 4.78 is 5.98. The minimum atomic E-state index is -0.239. The lowest BCUT2D eigenvalue weighted by Crippen LogP contribution is -2.37. The van der Waals surface area contributed by atoms with Gasteiger partial charge in [0.05, 0.1) is 11.2 Å². The molecule has 0 amide bonds. The van der Waals surface area contributed by atoms with Gasteiger partial charge in [-0.3, -0.25) is 5.10 Å². The highest BCUT2D eigenvalue weighted by Crippen LogP contribution is 2.31. The van der Waals surface area contributed by atoms with Gasteiger partial charge in [-0.25, -0.2) is 9.97 Å². The van der Waals surface area contributed by atoms with Crippen LogP contribution in [0.4, 0.5) is 5.82 Å². The molecule has 1 N–H and O–H groups in total. The second kappa shape index (κ2) is 5.47. The van der Waals surface area contributed by atoms with Gasteiger partial charge < -0.3 is 9.64 Å². The first-order chi connectivity index (χ1) is 11.5. The molecule has 1 fully saturated rings. The molecular formula is C18H21N5O. The van der Waals surface area contributed by atoms with Gasteiger partial charge in [0, 0.05) is 24.5 Å². The van der Waals surface area contributed by atoms with Crippen molar-refractivity contribution in [2.75, 3.05) is 18.0 Å². The number of ether oxygens (including phenoxy) is 1. The first kappa shape index (κ1) is 14.9. The van der Waals surface area contributed by atoms with E-state index in [-0.39, 0.29) is 5.60 Å². The molecule has 1 aromatic carbocycles. The molecule has 1 saturated heterocycles. The first-order valence-electron chi connectivity index (χ1n) is 8.24. The van der Waals surface area contributed by atoms with E-state index in [2.05, 4.69) is 25.1 Å². The number of nitrogens with zero attached hydrogens (tertiary/aromatic N) is 4. The van der Waals surface area contributed by atoms with E-state index >= 15 is 0 Å². The molecule has 4 rings (SSSR count). The minimum Gasteiger partial charge on any atom is -0.488 e. The van der Waals surface area contributed by atoms with Crippen molar-refractivity contribution >= 4 is 16.7 Å². The molecule has 24 heavy (non-hydrogen) atoms. The van der Waals surface area contributed by atoms with E-state index in [0.717, 1.165) is 46.9 Å². The number of anilines is 1. The standard InChI is InChI=1S/C18H21N5O/c1-18(2,3)24-12-5-6-14-13(9-12)17(22-21-14)15-10-16(20-11-19-15)23-7-4-8-23/h5-6,9-11H,4,7-8H2,1-3H3,(H,21,22). The quantitative estimate of drug-likeness (QED) is 0.800. The van der Waals surface area contributed by atoms with E-state index < -0.39 is 0 Å². The van der Waals surface area contributed by atoms with Gasteiger partial charge in [-0.2, -0.15) is 5.10 Å². The summed E-state index contributed by atoms with van der Waals surface area (Å²) in [4.78, 5) is 11.0. The van der Waals surface area contributed by atoms with E-state index in [1.54, 1.807) is 6.33 Å². The van der Waals surface area contributed by atoms with Crippen molar-refractivity contribution < 1.29 is 4.74 Å². The Labute approximate surface area is 140 Å². The fourth-order valence-corrected chi connectivity index (χ4v) is 2.80. The van der Waals surface area contributed by atoms with Crippen LogP contribution in [0, 0.1) is 0 Å². The molecule has 6 nitrogen and oxygen atoms in total. The molecule has 0 aliphatic carbocycles. The van der Waals surface area contributed by atoms with Gasteiger partial charge in [0.2, 0.25) is 0 Å². The van der Waals surface area contributed by atoms with Crippen molar-refractivity contribution in [1.82, 2.24) is 20.2 Å². The molecule has 0 bridgehead atoms. The van der Waals surface area contributed by atoms with Gasteiger partial charge in [0.15, 0.2) is 0 Å². The monoisotopic (exact) mass is 323 g/mol. The lowest BCUT2D eigenvalue weighted by molar-refractivity contribution is 0.131. The van der Waals surface area contributed by atoms with Crippen LogP contribution in [-0.2, 0) is 0 Å². The zero-order chi connectivity index (χ0) is 16.7. The van der Waals surface area contributed by atoms with Crippen LogP contribution in [0.1, 0.15) is 27.2 Å². The fourth-order valence-electron chi connectivity index (χ4n) is 2.80. The van der Waals surface area contributed by atoms with Crippen LogP contribution in [0.2, 0.25) is 0 Å². The molecule has 124 valence electrons. The fraction of sp³-hybridized carbons (Fsp3) is 0.389. The Morgan fingerprint density at radius 1 is 1.12 bits per heavy atom. The summed E-state index contributed by atoms with van der Waals surface area (Å²) in [5, 5.41) is 8.54. The SMILES string of the molecule is CC(C)(C)Oc1ccc2[nH]nc(-c3cc(N4CCC4)ncn3)c2c1. The third-order valence-corrected chi connectivity index (χ3v) is 4.03. The minimum absolute atomic E-state index is 0.239. The smallest absolute Gasteiger partial charge is 0.132 e. The van der Waals surface area contributed by atoms with E-state index in [1.807, 2.05) is 45.0 Å². The number of H-pyrrole nitrogens is 1. The maximum absolute atomic E-state index is 5.98. The number of aromatic nitrogens is 4. The second-order valence-corrected chi connectivity index (χ2v) is 7.10. The van der Waals surface area contributed by atoms with Crippen molar-refractivity contribution in [2.24, 2.45) is 0 Å². The molecule has 3 heterocycles. The Kier molecular flexibility index (Phi) is 3.40. The highest BCUT2D eigenvalue weighted by atomic mass is 16.5. The van der Waals surface area contributed by atoms with Crippen LogP contribution in [0.15, 0.2) is 30.6 Å². The summed E-state index contributed by atoms with van der Waals surface area (Å²) in [5.41, 5.74) is 2.38. The number of hydrogen-bond donors (Lipinski definition) is 1. The highest BCUT2D eigenvalue weighted by Gasteiger charge is 2.19. The van der Waals surface area contributed by atoms with Crippen LogP contribution in [0.3, 0.4) is 0 Å². The molecular weight excluding hydrogens is 302 g/mol. The highest BCUT2D eigenvalue weighted by molar-refractivity contribution is 5.93. The van der Waals surface area contributed by atoms with Crippen LogP contribution < -0.4 is 9.64 Å². The van der Waals surface area contributed by atoms with Gasteiger partial charge in [0.25, 0.3) is 0 Å². The zero-order valence-electron chi connectivity index (χ0n) is 14.2. The molecule has 0 unspecified atom stereocenters. The summed E-state index contributed by atoms with van der Waals surface area (Å²) in [6.45, 7) is 8.23. The lowest BCUT2D eigenvalue weighted by Gasteiger charge is -2.31. The van der Waals surface area contributed by atoms with E-state index in [4.69, 9.17) is 4.74 Å². The van der Waals surface area contributed by atoms with Crippen molar-refractivity contribution in [1.29, 1.82) is 0 Å². The third kappa shape index (κ3) is 2.79. The Balaban J connectivity index is 1.75. The Morgan fingerprint density at radius 2 is 1.96 bits per heavy atom. The predicted octanol–water partition coefficient (Wildman–Crippen LogP) is 3.41. The number of rotatable bonds is 3. The average Bonchev–Trinajstić information content (AvgIpc) is 2.87. The van der Waals surface area contributed by atoms with Crippen molar-refractivity contribution in [2.45, 2.75) is 32.8 Å². The van der Waals surface area contributed by atoms with Gasteiger partial charge in [-0.05, 0) is 45.4 Å². The molecule has 2 aromatic heterocycles.